The molecule has 0 atom stereocenters. The number of hydrogen-bond acceptors (Lipinski definition) is 1. The molecular weight excluding hydrogens is 397 g/mol. The van der Waals surface area contributed by atoms with Gasteiger partial charge >= 0.3 is 0 Å². The molecule has 2 nitrogen and oxygen atoms in total. The number of fused-ring (bicyclic) bond motifs is 4. The van der Waals surface area contributed by atoms with Crippen LogP contribution >= 0.6 is 0 Å². The highest BCUT2D eigenvalue weighted by Crippen LogP contribution is 2.43. The third-order valence-corrected chi connectivity index (χ3v) is 6.91. The van der Waals surface area contributed by atoms with Crippen molar-refractivity contribution >= 4 is 21.9 Å². The summed E-state index contributed by atoms with van der Waals surface area (Å²) in [6.45, 7) is 4.19. The first-order valence-electron chi connectivity index (χ1n) is 11.2. The minimum atomic E-state index is -0.222. The number of hydrogen-bond donors (Lipinski definition) is 0. The fourth-order valence-electron chi connectivity index (χ4n) is 5.42. The monoisotopic (exact) mass is 422 g/mol. The van der Waals surface area contributed by atoms with Gasteiger partial charge in [0.25, 0.3) is 0 Å². The summed E-state index contributed by atoms with van der Waals surface area (Å²) in [6.07, 6.45) is 5.22. The van der Waals surface area contributed by atoms with Crippen LogP contribution in [0.2, 0.25) is 0 Å². The van der Waals surface area contributed by atoms with Crippen molar-refractivity contribution < 1.29 is 13.4 Å². The number of benzene rings is 3. The number of rotatable bonds is 2. The van der Waals surface area contributed by atoms with Gasteiger partial charge in [-0.2, -0.15) is 0 Å². The number of aromatic nitrogens is 1. The lowest BCUT2D eigenvalue weighted by Crippen LogP contribution is -2.30. The molecule has 0 spiro atoms. The van der Waals surface area contributed by atoms with Crippen LogP contribution in [0.5, 0.6) is 0 Å². The highest BCUT2D eigenvalue weighted by Gasteiger charge is 2.25. The Balaban J connectivity index is 1.73. The fourth-order valence-corrected chi connectivity index (χ4v) is 5.42. The van der Waals surface area contributed by atoms with Gasteiger partial charge < -0.3 is 4.42 Å². The maximum atomic E-state index is 15.4. The van der Waals surface area contributed by atoms with E-state index in [4.69, 9.17) is 4.42 Å². The topological polar surface area (TPSA) is 17.0 Å². The number of nitrogens with zero attached hydrogens (tertiary/aromatic N) is 1. The van der Waals surface area contributed by atoms with E-state index in [0.717, 1.165) is 58.0 Å². The zero-order valence-corrected chi connectivity index (χ0v) is 18.6. The van der Waals surface area contributed by atoms with Crippen LogP contribution in [0.15, 0.2) is 65.2 Å². The Kier molecular flexibility index (Phi) is 4.23. The number of furan rings is 1. The van der Waals surface area contributed by atoms with Crippen LogP contribution in [0.25, 0.3) is 44.3 Å². The molecular formula is C29H25FNO+. The molecule has 32 heavy (non-hydrogen) atoms. The first kappa shape index (κ1) is 19.2. The van der Waals surface area contributed by atoms with Gasteiger partial charge in [-0.3, -0.25) is 0 Å². The summed E-state index contributed by atoms with van der Waals surface area (Å²) >= 11 is 0. The van der Waals surface area contributed by atoms with Gasteiger partial charge in [-0.05, 0) is 73.6 Å². The van der Waals surface area contributed by atoms with Crippen molar-refractivity contribution in [2.75, 3.05) is 0 Å². The summed E-state index contributed by atoms with van der Waals surface area (Å²) in [4.78, 5) is 0. The molecule has 0 radical (unpaired) electrons. The minimum Gasteiger partial charge on any atom is -0.454 e. The van der Waals surface area contributed by atoms with E-state index < -0.39 is 0 Å². The van der Waals surface area contributed by atoms with Crippen molar-refractivity contribution in [3.8, 4) is 22.4 Å². The van der Waals surface area contributed by atoms with Crippen molar-refractivity contribution in [1.82, 2.24) is 0 Å². The van der Waals surface area contributed by atoms with E-state index in [1.165, 1.54) is 16.7 Å². The maximum absolute atomic E-state index is 15.4. The molecule has 3 heteroatoms. The molecule has 0 unspecified atom stereocenters. The fraction of sp³-hybridized carbons (Fsp3) is 0.207. The van der Waals surface area contributed by atoms with E-state index >= 15 is 4.39 Å². The molecule has 0 bridgehead atoms. The van der Waals surface area contributed by atoms with E-state index in [1.807, 2.05) is 31.4 Å². The molecule has 1 aliphatic carbocycles. The highest BCUT2D eigenvalue weighted by atomic mass is 19.1. The van der Waals surface area contributed by atoms with Crippen LogP contribution in [0.4, 0.5) is 4.39 Å². The predicted molar refractivity (Wildman–Crippen MR) is 127 cm³/mol. The quantitative estimate of drug-likeness (QED) is 0.280. The Hall–Kier alpha value is -3.46. The summed E-state index contributed by atoms with van der Waals surface area (Å²) in [7, 11) is 2.04. The number of halogens is 1. The van der Waals surface area contributed by atoms with Crippen molar-refractivity contribution in [2.24, 2.45) is 7.05 Å². The summed E-state index contributed by atoms with van der Waals surface area (Å²) in [5.41, 5.74) is 10.1. The van der Waals surface area contributed by atoms with Crippen LogP contribution in [0.3, 0.4) is 0 Å². The minimum absolute atomic E-state index is 0.222. The second-order valence-corrected chi connectivity index (χ2v) is 9.04. The molecule has 1 aliphatic rings. The van der Waals surface area contributed by atoms with E-state index in [9.17, 15) is 0 Å². The zero-order valence-electron chi connectivity index (χ0n) is 18.6. The molecule has 6 rings (SSSR count). The van der Waals surface area contributed by atoms with Crippen molar-refractivity contribution in [2.45, 2.75) is 33.1 Å². The van der Waals surface area contributed by atoms with E-state index in [1.54, 1.807) is 6.07 Å². The standard InChI is InChI=1S/C29H25FNO/c1-17-15-19-7-6-8-20(19)23(16-17)27-24(30)13-12-22-21-11-10-18(2)26(28(21)32-29(22)27)25-9-4-5-14-31(25)3/h4-5,9-16H,6-8H2,1-3H3/q+1. The average molecular weight is 423 g/mol. The molecule has 5 aromatic rings. The number of pyridine rings is 1. The molecule has 0 aliphatic heterocycles. The van der Waals surface area contributed by atoms with Gasteiger partial charge in [0.2, 0.25) is 5.69 Å². The molecule has 0 amide bonds. The lowest BCUT2D eigenvalue weighted by molar-refractivity contribution is -0.660. The van der Waals surface area contributed by atoms with Crippen molar-refractivity contribution in [3.05, 3.63) is 88.9 Å². The molecule has 2 heterocycles. The first-order chi connectivity index (χ1) is 15.5. The summed E-state index contributed by atoms with van der Waals surface area (Å²) < 4.78 is 24.1. The van der Waals surface area contributed by atoms with Crippen LogP contribution in [0, 0.1) is 19.7 Å². The van der Waals surface area contributed by atoms with Gasteiger partial charge in [0.1, 0.15) is 24.0 Å². The molecule has 3 aromatic carbocycles. The molecule has 0 saturated carbocycles. The zero-order chi connectivity index (χ0) is 22.0. The highest BCUT2D eigenvalue weighted by molar-refractivity contribution is 6.13. The average Bonchev–Trinajstić information content (AvgIpc) is 3.38. The second kappa shape index (κ2) is 7.03. The Morgan fingerprint density at radius 2 is 1.66 bits per heavy atom. The van der Waals surface area contributed by atoms with Crippen LogP contribution in [-0.4, -0.2) is 0 Å². The maximum Gasteiger partial charge on any atom is 0.216 e. The van der Waals surface area contributed by atoms with Gasteiger partial charge in [-0.15, -0.1) is 0 Å². The SMILES string of the molecule is Cc1cc2c(c(-c3c(F)ccc4c3oc3c(-c5cccc[n+]5C)c(C)ccc34)c1)CCC2. The Morgan fingerprint density at radius 3 is 2.47 bits per heavy atom. The van der Waals surface area contributed by atoms with Crippen molar-refractivity contribution in [1.29, 1.82) is 0 Å². The Morgan fingerprint density at radius 1 is 0.875 bits per heavy atom. The third-order valence-electron chi connectivity index (χ3n) is 6.91. The normalized spacial score (nSPS) is 13.2. The predicted octanol–water partition coefficient (Wildman–Crippen LogP) is 6.99. The summed E-state index contributed by atoms with van der Waals surface area (Å²) in [5, 5.41) is 1.99. The van der Waals surface area contributed by atoms with Crippen molar-refractivity contribution in [3.63, 3.8) is 0 Å². The first-order valence-corrected chi connectivity index (χ1v) is 11.2. The van der Waals surface area contributed by atoms with Gasteiger partial charge in [0.15, 0.2) is 6.20 Å². The van der Waals surface area contributed by atoms with Crippen LogP contribution < -0.4 is 4.57 Å². The molecule has 0 fully saturated rings. The van der Waals surface area contributed by atoms with Gasteiger partial charge in [0.05, 0.1) is 11.1 Å². The molecule has 2 aromatic heterocycles. The van der Waals surface area contributed by atoms with E-state index in [0.29, 0.717) is 11.1 Å². The lowest BCUT2D eigenvalue weighted by atomic mass is 9.93. The number of aryl methyl sites for hydroxylation is 4. The summed E-state index contributed by atoms with van der Waals surface area (Å²) in [6, 6.07) is 18.2. The van der Waals surface area contributed by atoms with E-state index in [-0.39, 0.29) is 5.82 Å². The second-order valence-electron chi connectivity index (χ2n) is 9.04. The molecule has 0 saturated heterocycles. The van der Waals surface area contributed by atoms with Crippen LogP contribution in [0.1, 0.15) is 28.7 Å². The smallest absolute Gasteiger partial charge is 0.216 e. The van der Waals surface area contributed by atoms with Gasteiger partial charge in [0, 0.05) is 22.9 Å². The Bertz CT molecular complexity index is 1540. The molecule has 158 valence electrons. The van der Waals surface area contributed by atoms with Crippen LogP contribution in [-0.2, 0) is 19.9 Å². The third kappa shape index (κ3) is 2.74. The summed E-state index contributed by atoms with van der Waals surface area (Å²) in [5.74, 6) is -0.222. The lowest BCUT2D eigenvalue weighted by Gasteiger charge is -2.12. The van der Waals surface area contributed by atoms with E-state index in [2.05, 4.69) is 48.7 Å². The Labute approximate surface area is 186 Å². The van der Waals surface area contributed by atoms with Gasteiger partial charge in [-0.25, -0.2) is 8.96 Å². The van der Waals surface area contributed by atoms with Gasteiger partial charge in [-0.1, -0.05) is 29.8 Å². The molecule has 0 N–H and O–H groups in total. The largest absolute Gasteiger partial charge is 0.454 e.